The molecule has 0 saturated carbocycles. The Labute approximate surface area is 133 Å². The van der Waals surface area contributed by atoms with Crippen molar-refractivity contribution in [2.75, 3.05) is 32.7 Å². The van der Waals surface area contributed by atoms with Crippen LogP contribution >= 0.6 is 0 Å². The van der Waals surface area contributed by atoms with Gasteiger partial charge >= 0.3 is 12.1 Å². The van der Waals surface area contributed by atoms with Gasteiger partial charge < -0.3 is 10.0 Å². The van der Waals surface area contributed by atoms with Crippen LogP contribution in [0.15, 0.2) is 24.3 Å². The lowest BCUT2D eigenvalue weighted by Crippen LogP contribution is -2.46. The monoisotopic (exact) mass is 330 g/mol. The van der Waals surface area contributed by atoms with Crippen molar-refractivity contribution in [1.29, 1.82) is 0 Å². The van der Waals surface area contributed by atoms with Gasteiger partial charge in [0.2, 0.25) is 0 Å². The predicted octanol–water partition coefficient (Wildman–Crippen LogP) is 2.69. The highest BCUT2D eigenvalue weighted by Crippen LogP contribution is 2.29. The molecule has 0 radical (unpaired) electrons. The smallest absolute Gasteiger partial charge is 0.416 e. The van der Waals surface area contributed by atoms with E-state index in [-0.39, 0.29) is 6.42 Å². The molecule has 0 aromatic heterocycles. The van der Waals surface area contributed by atoms with E-state index >= 15 is 0 Å². The fourth-order valence-electron chi connectivity index (χ4n) is 2.73. The summed E-state index contributed by atoms with van der Waals surface area (Å²) in [6.07, 6.45) is -3.51. The van der Waals surface area contributed by atoms with E-state index in [1.54, 1.807) is 6.07 Å². The Kier molecular flexibility index (Phi) is 6.01. The Morgan fingerprint density at radius 2 is 1.78 bits per heavy atom. The number of hydrogen-bond donors (Lipinski definition) is 1. The Bertz CT molecular complexity index is 526. The minimum Gasteiger partial charge on any atom is -0.481 e. The minimum absolute atomic E-state index is 0.171. The van der Waals surface area contributed by atoms with Crippen molar-refractivity contribution in [2.45, 2.75) is 25.6 Å². The maximum atomic E-state index is 12.7. The van der Waals surface area contributed by atoms with E-state index in [0.717, 1.165) is 38.8 Å². The van der Waals surface area contributed by atoms with Gasteiger partial charge in [0.15, 0.2) is 0 Å². The van der Waals surface area contributed by atoms with E-state index in [2.05, 4.69) is 9.80 Å². The third-order valence-electron chi connectivity index (χ3n) is 3.99. The van der Waals surface area contributed by atoms with Gasteiger partial charge in [0, 0.05) is 39.1 Å². The molecule has 1 heterocycles. The van der Waals surface area contributed by atoms with Crippen molar-refractivity contribution in [3.8, 4) is 0 Å². The van der Waals surface area contributed by atoms with Crippen molar-refractivity contribution in [3.63, 3.8) is 0 Å². The maximum absolute atomic E-state index is 12.7. The van der Waals surface area contributed by atoms with Gasteiger partial charge in [-0.25, -0.2) is 0 Å². The molecule has 1 N–H and O–H groups in total. The normalized spacial score (nSPS) is 17.3. The summed E-state index contributed by atoms with van der Waals surface area (Å²) < 4.78 is 38.1. The summed E-state index contributed by atoms with van der Waals surface area (Å²) in [7, 11) is 0. The molecule has 1 aromatic rings. The van der Waals surface area contributed by atoms with E-state index in [1.807, 2.05) is 0 Å². The summed E-state index contributed by atoms with van der Waals surface area (Å²) in [6.45, 7) is 4.46. The first-order valence-corrected chi connectivity index (χ1v) is 7.67. The lowest BCUT2D eigenvalue weighted by atomic mass is 10.1. The molecule has 7 heteroatoms. The average Bonchev–Trinajstić information content (AvgIpc) is 2.48. The number of carbonyl (C=O) groups is 1. The SMILES string of the molecule is O=C(O)CCCN1CCN(Cc2cccc(C(F)(F)F)c2)CC1. The Hall–Kier alpha value is -1.60. The van der Waals surface area contributed by atoms with Crippen molar-refractivity contribution < 1.29 is 23.1 Å². The highest BCUT2D eigenvalue weighted by Gasteiger charge is 2.30. The van der Waals surface area contributed by atoms with Gasteiger partial charge in [0.25, 0.3) is 0 Å². The van der Waals surface area contributed by atoms with Crippen LogP contribution in [0.25, 0.3) is 0 Å². The van der Waals surface area contributed by atoms with E-state index < -0.39 is 17.7 Å². The summed E-state index contributed by atoms with van der Waals surface area (Å²) in [5, 5.41) is 8.62. The first kappa shape index (κ1) is 17.7. The van der Waals surface area contributed by atoms with Gasteiger partial charge in [-0.05, 0) is 24.6 Å². The number of aliphatic carboxylic acids is 1. The summed E-state index contributed by atoms with van der Waals surface area (Å²) in [5.41, 5.74) is 0.0569. The number of halogens is 3. The Morgan fingerprint density at radius 3 is 2.39 bits per heavy atom. The number of hydrogen-bond acceptors (Lipinski definition) is 3. The third-order valence-corrected chi connectivity index (χ3v) is 3.99. The lowest BCUT2D eigenvalue weighted by Gasteiger charge is -2.34. The van der Waals surface area contributed by atoms with Crippen LogP contribution in [0.2, 0.25) is 0 Å². The van der Waals surface area contributed by atoms with Crippen molar-refractivity contribution >= 4 is 5.97 Å². The van der Waals surface area contributed by atoms with Gasteiger partial charge in [0.05, 0.1) is 5.56 Å². The van der Waals surface area contributed by atoms with Crippen molar-refractivity contribution in [2.24, 2.45) is 0 Å². The van der Waals surface area contributed by atoms with Gasteiger partial charge in [-0.1, -0.05) is 18.2 Å². The second-order valence-electron chi connectivity index (χ2n) is 5.81. The fraction of sp³-hybridized carbons (Fsp3) is 0.562. The van der Waals surface area contributed by atoms with E-state index in [1.165, 1.54) is 12.1 Å². The van der Waals surface area contributed by atoms with Crippen molar-refractivity contribution in [1.82, 2.24) is 9.80 Å². The van der Waals surface area contributed by atoms with E-state index in [0.29, 0.717) is 18.5 Å². The molecule has 1 aliphatic rings. The van der Waals surface area contributed by atoms with Crippen LogP contribution in [0.5, 0.6) is 0 Å². The Morgan fingerprint density at radius 1 is 1.13 bits per heavy atom. The topological polar surface area (TPSA) is 43.8 Å². The second-order valence-corrected chi connectivity index (χ2v) is 5.81. The largest absolute Gasteiger partial charge is 0.481 e. The molecule has 0 amide bonds. The van der Waals surface area contributed by atoms with Crippen LogP contribution in [0.4, 0.5) is 13.2 Å². The molecular weight excluding hydrogens is 309 g/mol. The number of carboxylic acid groups (broad SMARTS) is 1. The molecule has 0 bridgehead atoms. The molecule has 4 nitrogen and oxygen atoms in total. The zero-order valence-corrected chi connectivity index (χ0v) is 12.9. The van der Waals surface area contributed by atoms with Crippen LogP contribution < -0.4 is 0 Å². The van der Waals surface area contributed by atoms with Crippen LogP contribution in [-0.4, -0.2) is 53.6 Å². The third kappa shape index (κ3) is 5.84. The number of benzene rings is 1. The van der Waals surface area contributed by atoms with E-state index in [4.69, 9.17) is 5.11 Å². The molecule has 0 aliphatic carbocycles. The molecule has 23 heavy (non-hydrogen) atoms. The Balaban J connectivity index is 1.79. The molecule has 1 saturated heterocycles. The molecule has 1 aromatic carbocycles. The highest BCUT2D eigenvalue weighted by atomic mass is 19.4. The molecule has 0 spiro atoms. The molecule has 2 rings (SSSR count). The van der Waals surface area contributed by atoms with Crippen LogP contribution in [0.1, 0.15) is 24.0 Å². The maximum Gasteiger partial charge on any atom is 0.416 e. The molecule has 0 unspecified atom stereocenters. The summed E-state index contributed by atoms with van der Waals surface area (Å²) in [5.74, 6) is -0.784. The summed E-state index contributed by atoms with van der Waals surface area (Å²) in [4.78, 5) is 14.8. The average molecular weight is 330 g/mol. The zero-order chi connectivity index (χ0) is 16.9. The standard InChI is InChI=1S/C16H21F3N2O2/c17-16(18,19)14-4-1-3-13(11-14)12-21-9-7-20(8-10-21)6-2-5-15(22)23/h1,3-4,11H,2,5-10,12H2,(H,22,23). The van der Waals surface area contributed by atoms with Gasteiger partial charge in [0.1, 0.15) is 0 Å². The van der Waals surface area contributed by atoms with Gasteiger partial charge in [-0.2, -0.15) is 13.2 Å². The van der Waals surface area contributed by atoms with Gasteiger partial charge in [-0.3, -0.25) is 9.69 Å². The first-order chi connectivity index (χ1) is 10.8. The van der Waals surface area contributed by atoms with Crippen molar-refractivity contribution in [3.05, 3.63) is 35.4 Å². The molecule has 1 aliphatic heterocycles. The highest BCUT2D eigenvalue weighted by molar-refractivity contribution is 5.66. The van der Waals surface area contributed by atoms with Crippen LogP contribution in [0, 0.1) is 0 Å². The molecular formula is C16H21F3N2O2. The molecule has 1 fully saturated rings. The number of alkyl halides is 3. The number of nitrogens with zero attached hydrogens (tertiary/aromatic N) is 2. The predicted molar refractivity (Wildman–Crippen MR) is 80.0 cm³/mol. The number of piperazine rings is 1. The molecule has 128 valence electrons. The van der Waals surface area contributed by atoms with E-state index in [9.17, 15) is 18.0 Å². The minimum atomic E-state index is -4.31. The zero-order valence-electron chi connectivity index (χ0n) is 12.9. The van der Waals surface area contributed by atoms with Gasteiger partial charge in [-0.15, -0.1) is 0 Å². The second kappa shape index (κ2) is 7.79. The number of rotatable bonds is 6. The summed E-state index contributed by atoms with van der Waals surface area (Å²) >= 11 is 0. The molecule has 0 atom stereocenters. The fourth-order valence-corrected chi connectivity index (χ4v) is 2.73. The lowest BCUT2D eigenvalue weighted by molar-refractivity contribution is -0.138. The van der Waals surface area contributed by atoms with Crippen LogP contribution in [-0.2, 0) is 17.5 Å². The summed E-state index contributed by atoms with van der Waals surface area (Å²) in [6, 6.07) is 5.46. The number of carboxylic acids is 1. The first-order valence-electron chi connectivity index (χ1n) is 7.67. The van der Waals surface area contributed by atoms with Crippen LogP contribution in [0.3, 0.4) is 0 Å². The quantitative estimate of drug-likeness (QED) is 0.871.